The minimum absolute atomic E-state index is 0.540. The van der Waals surface area contributed by atoms with Gasteiger partial charge in [-0.1, -0.05) is 6.92 Å². The Bertz CT molecular complexity index is 196. The Morgan fingerprint density at radius 3 is 2.38 bits per heavy atom. The van der Waals surface area contributed by atoms with Crippen molar-refractivity contribution in [3.05, 3.63) is 0 Å². The van der Waals surface area contributed by atoms with E-state index in [1.54, 1.807) is 0 Å². The summed E-state index contributed by atoms with van der Waals surface area (Å²) < 4.78 is 5.58. The molecule has 0 unspecified atom stereocenters. The Hall–Kier alpha value is -0.120. The number of nitrogens with one attached hydrogen (secondary N) is 1. The van der Waals surface area contributed by atoms with Crippen LogP contribution in [0, 0.1) is 0 Å². The molecule has 0 aromatic carbocycles. The summed E-state index contributed by atoms with van der Waals surface area (Å²) in [7, 11) is 0. The SMILES string of the molecule is CCOC1CC(NC2CCN(CC)CC2)C1. The molecule has 0 aromatic rings. The van der Waals surface area contributed by atoms with Crippen LogP contribution in [0.25, 0.3) is 0 Å². The van der Waals surface area contributed by atoms with Crippen LogP contribution in [0.5, 0.6) is 0 Å². The van der Waals surface area contributed by atoms with E-state index in [-0.39, 0.29) is 0 Å². The minimum Gasteiger partial charge on any atom is -0.378 e. The van der Waals surface area contributed by atoms with Crippen molar-refractivity contribution in [3.8, 4) is 0 Å². The van der Waals surface area contributed by atoms with Gasteiger partial charge < -0.3 is 15.0 Å². The first-order valence-corrected chi connectivity index (χ1v) is 6.91. The first kappa shape index (κ1) is 12.3. The maximum absolute atomic E-state index is 5.58. The zero-order chi connectivity index (χ0) is 11.4. The maximum Gasteiger partial charge on any atom is 0.0604 e. The molecule has 0 bridgehead atoms. The van der Waals surface area contributed by atoms with Gasteiger partial charge in [0.2, 0.25) is 0 Å². The number of hydrogen-bond acceptors (Lipinski definition) is 3. The predicted octanol–water partition coefficient (Wildman–Crippen LogP) is 1.63. The fourth-order valence-corrected chi connectivity index (χ4v) is 2.82. The highest BCUT2D eigenvalue weighted by atomic mass is 16.5. The molecule has 0 amide bonds. The summed E-state index contributed by atoms with van der Waals surface area (Å²) in [6, 6.07) is 1.49. The molecule has 2 aliphatic rings. The van der Waals surface area contributed by atoms with Crippen LogP contribution in [0.4, 0.5) is 0 Å². The van der Waals surface area contributed by atoms with Gasteiger partial charge in [0.15, 0.2) is 0 Å². The van der Waals surface area contributed by atoms with Crippen LogP contribution in [0.1, 0.15) is 39.5 Å². The molecule has 2 rings (SSSR count). The van der Waals surface area contributed by atoms with Crippen LogP contribution >= 0.6 is 0 Å². The van der Waals surface area contributed by atoms with Crippen molar-refractivity contribution in [2.45, 2.75) is 57.7 Å². The molecule has 0 atom stereocenters. The molecule has 0 aromatic heterocycles. The van der Waals surface area contributed by atoms with Crippen molar-refractivity contribution in [2.75, 3.05) is 26.2 Å². The Morgan fingerprint density at radius 2 is 1.81 bits per heavy atom. The lowest BCUT2D eigenvalue weighted by atomic mass is 9.87. The number of hydrogen-bond donors (Lipinski definition) is 1. The first-order chi connectivity index (χ1) is 7.81. The van der Waals surface area contributed by atoms with Gasteiger partial charge in [0.05, 0.1) is 6.10 Å². The molecule has 1 saturated carbocycles. The van der Waals surface area contributed by atoms with Gasteiger partial charge in [-0.2, -0.15) is 0 Å². The van der Waals surface area contributed by atoms with Crippen LogP contribution in [0.2, 0.25) is 0 Å². The van der Waals surface area contributed by atoms with Gasteiger partial charge in [-0.15, -0.1) is 0 Å². The van der Waals surface area contributed by atoms with Gasteiger partial charge in [-0.05, 0) is 52.2 Å². The zero-order valence-electron chi connectivity index (χ0n) is 10.7. The molecule has 3 heteroatoms. The minimum atomic E-state index is 0.540. The number of nitrogens with zero attached hydrogens (tertiary/aromatic N) is 1. The van der Waals surface area contributed by atoms with Crippen molar-refractivity contribution < 1.29 is 4.74 Å². The third kappa shape index (κ3) is 3.19. The molecular weight excluding hydrogens is 200 g/mol. The van der Waals surface area contributed by atoms with Crippen LogP contribution in [0.3, 0.4) is 0 Å². The van der Waals surface area contributed by atoms with E-state index in [1.165, 1.54) is 45.3 Å². The van der Waals surface area contributed by atoms with Gasteiger partial charge >= 0.3 is 0 Å². The highest BCUT2D eigenvalue weighted by Gasteiger charge is 2.31. The van der Waals surface area contributed by atoms with Crippen LogP contribution in [-0.4, -0.2) is 49.3 Å². The largest absolute Gasteiger partial charge is 0.378 e. The molecule has 1 aliphatic heterocycles. The van der Waals surface area contributed by atoms with Crippen molar-refractivity contribution in [1.82, 2.24) is 10.2 Å². The lowest BCUT2D eigenvalue weighted by molar-refractivity contribution is -0.0142. The summed E-state index contributed by atoms with van der Waals surface area (Å²) in [5.41, 5.74) is 0. The quantitative estimate of drug-likeness (QED) is 0.771. The van der Waals surface area contributed by atoms with Crippen LogP contribution in [-0.2, 0) is 4.74 Å². The normalized spacial score (nSPS) is 32.6. The summed E-state index contributed by atoms with van der Waals surface area (Å²) in [6.45, 7) is 8.97. The lowest BCUT2D eigenvalue weighted by Gasteiger charge is -2.40. The van der Waals surface area contributed by atoms with Crippen molar-refractivity contribution in [3.63, 3.8) is 0 Å². The Kier molecular flexibility index (Phi) is 4.62. The fraction of sp³-hybridized carbons (Fsp3) is 1.00. The van der Waals surface area contributed by atoms with Gasteiger partial charge in [-0.3, -0.25) is 0 Å². The Balaban J connectivity index is 1.58. The molecule has 0 spiro atoms. The van der Waals surface area contributed by atoms with Gasteiger partial charge in [0.25, 0.3) is 0 Å². The summed E-state index contributed by atoms with van der Waals surface area (Å²) >= 11 is 0. The second kappa shape index (κ2) is 5.99. The number of ether oxygens (including phenoxy) is 1. The maximum atomic E-state index is 5.58. The smallest absolute Gasteiger partial charge is 0.0604 e. The third-order valence-electron chi connectivity index (χ3n) is 4.00. The van der Waals surface area contributed by atoms with Crippen molar-refractivity contribution in [2.24, 2.45) is 0 Å². The summed E-state index contributed by atoms with van der Waals surface area (Å²) in [5.74, 6) is 0. The number of rotatable bonds is 5. The highest BCUT2D eigenvalue weighted by Crippen LogP contribution is 2.25. The van der Waals surface area contributed by atoms with Gasteiger partial charge in [0.1, 0.15) is 0 Å². The standard InChI is InChI=1S/C13H26N2O/c1-3-15-7-5-11(6-8-15)14-12-9-13(10-12)16-4-2/h11-14H,3-10H2,1-2H3. The monoisotopic (exact) mass is 226 g/mol. The molecule has 3 nitrogen and oxygen atoms in total. The summed E-state index contributed by atoms with van der Waals surface area (Å²) in [4.78, 5) is 2.54. The molecule has 0 radical (unpaired) electrons. The Morgan fingerprint density at radius 1 is 1.12 bits per heavy atom. The molecule has 1 heterocycles. The van der Waals surface area contributed by atoms with Crippen molar-refractivity contribution in [1.29, 1.82) is 0 Å². The highest BCUT2D eigenvalue weighted by molar-refractivity contribution is 4.89. The molecule has 16 heavy (non-hydrogen) atoms. The molecule has 94 valence electrons. The topological polar surface area (TPSA) is 24.5 Å². The van der Waals surface area contributed by atoms with E-state index < -0.39 is 0 Å². The van der Waals surface area contributed by atoms with E-state index in [2.05, 4.69) is 24.1 Å². The van der Waals surface area contributed by atoms with Crippen LogP contribution in [0.15, 0.2) is 0 Å². The number of likely N-dealkylation sites (tertiary alicyclic amines) is 1. The average Bonchev–Trinajstić information content (AvgIpc) is 2.27. The first-order valence-electron chi connectivity index (χ1n) is 6.91. The number of piperidine rings is 1. The van der Waals surface area contributed by atoms with E-state index in [9.17, 15) is 0 Å². The average molecular weight is 226 g/mol. The van der Waals surface area contributed by atoms with E-state index in [0.29, 0.717) is 6.10 Å². The van der Waals surface area contributed by atoms with E-state index >= 15 is 0 Å². The van der Waals surface area contributed by atoms with E-state index in [4.69, 9.17) is 4.74 Å². The molecule has 2 fully saturated rings. The zero-order valence-corrected chi connectivity index (χ0v) is 10.7. The Labute approximate surface area is 99.5 Å². The summed E-state index contributed by atoms with van der Waals surface area (Å²) in [5, 5.41) is 3.78. The second-order valence-electron chi connectivity index (χ2n) is 5.12. The van der Waals surface area contributed by atoms with Gasteiger partial charge in [0, 0.05) is 18.7 Å². The fourth-order valence-electron chi connectivity index (χ4n) is 2.82. The van der Waals surface area contributed by atoms with Crippen LogP contribution < -0.4 is 5.32 Å². The van der Waals surface area contributed by atoms with E-state index in [0.717, 1.165) is 18.7 Å². The van der Waals surface area contributed by atoms with Gasteiger partial charge in [-0.25, -0.2) is 0 Å². The second-order valence-corrected chi connectivity index (χ2v) is 5.12. The molecule has 1 aliphatic carbocycles. The van der Waals surface area contributed by atoms with E-state index in [1.807, 2.05) is 0 Å². The third-order valence-corrected chi connectivity index (χ3v) is 4.00. The molecular formula is C13H26N2O. The molecule has 1 saturated heterocycles. The van der Waals surface area contributed by atoms with Crippen molar-refractivity contribution >= 4 is 0 Å². The predicted molar refractivity (Wildman–Crippen MR) is 66.7 cm³/mol. The summed E-state index contributed by atoms with van der Waals surface area (Å²) in [6.07, 6.45) is 5.63. The lowest BCUT2D eigenvalue weighted by Crippen LogP contribution is -2.52. The molecule has 1 N–H and O–H groups in total.